The van der Waals surface area contributed by atoms with E-state index in [4.69, 9.17) is 100 Å². The van der Waals surface area contributed by atoms with Gasteiger partial charge in [-0.1, -0.05) is 53.4 Å². The number of aromatic amines is 2. The van der Waals surface area contributed by atoms with Crippen LogP contribution in [-0.2, 0) is 69.3 Å². The van der Waals surface area contributed by atoms with Crippen molar-refractivity contribution in [2.45, 2.75) is 141 Å². The SMILES string of the molecule is CCCCCOP(=O)(Cl)CCOC.CCCO.CCCOP(=O)(Cl)CCOC.COCCP(=O)(Cl)Cl.O=P(Cl)(Cl)Cl.[2H]c1cn([C@@H]2O[C@H](C([2H])([2H])O)[C@@H](O)[C@@]2(C)O)c(=O)[nH]c1=O.[2H]c1cn([C@@H]2O[C@H](C([2H])([2H])OP(=O)(CCOC)OCCCCC)[C@@H](O)[C@@]2(C)O)c(=O)[nH]c1=O. The largest absolute Gasteiger partial charge is 0.396 e. The van der Waals surface area contributed by atoms with Crippen LogP contribution < -0.4 is 22.5 Å². The minimum Gasteiger partial charge on any atom is -0.396 e. The molecule has 11 atom stereocenters. The summed E-state index contributed by atoms with van der Waals surface area (Å²) in [6.07, 6.45) is -1.57. The van der Waals surface area contributed by atoms with Crippen molar-refractivity contribution in [1.29, 1.82) is 0 Å². The number of aliphatic hydroxyl groups is 6. The number of hydrogen-bond donors (Lipinski definition) is 8. The van der Waals surface area contributed by atoms with Crippen molar-refractivity contribution in [1.82, 2.24) is 19.1 Å². The first-order valence-corrected chi connectivity index (χ1v) is 42.3. The molecule has 2 aromatic heterocycles. The first-order valence-electron chi connectivity index (χ1n) is 30.0. The average molecular weight is 1530 g/mol. The van der Waals surface area contributed by atoms with Crippen LogP contribution in [0.2, 0.25) is 0 Å². The molecule has 0 spiro atoms. The zero-order chi connectivity index (χ0) is 74.6. The highest BCUT2D eigenvalue weighted by Gasteiger charge is 2.54. The van der Waals surface area contributed by atoms with Gasteiger partial charge in [0.2, 0.25) is 0 Å². The fraction of sp³-hybridized carbons (Fsp3) is 0.833. The minimum atomic E-state index is -4.05. The van der Waals surface area contributed by atoms with E-state index in [0.717, 1.165) is 71.2 Å². The number of aromatic nitrogens is 4. The highest BCUT2D eigenvalue weighted by atomic mass is 36.0. The third-order valence-corrected chi connectivity index (χ3v) is 18.4. The third kappa shape index (κ3) is 43.6. The second-order valence-corrected chi connectivity index (χ2v) is 39.6. The van der Waals surface area contributed by atoms with E-state index < -0.39 is 128 Å². The van der Waals surface area contributed by atoms with Crippen molar-refractivity contribution in [3.05, 3.63) is 66.2 Å². The van der Waals surface area contributed by atoms with Gasteiger partial charge in [0.25, 0.3) is 30.4 Å². The van der Waals surface area contributed by atoms with Gasteiger partial charge in [-0.25, -0.2) is 9.59 Å². The summed E-state index contributed by atoms with van der Waals surface area (Å²) < 4.78 is 153. The molecule has 0 saturated carbocycles. The summed E-state index contributed by atoms with van der Waals surface area (Å²) in [7, 11) is 1.90. The predicted octanol–water partition coefficient (Wildman–Crippen LogP) is 9.41. The number of nitrogens with one attached hydrogen (secondary N) is 2. The van der Waals surface area contributed by atoms with E-state index in [1.807, 2.05) is 30.7 Å². The van der Waals surface area contributed by atoms with E-state index in [-0.39, 0.29) is 37.9 Å². The predicted molar refractivity (Wildman–Crippen MR) is 347 cm³/mol. The Bertz CT molecular complexity index is 2970. The number of halogens is 7. The zero-order valence-corrected chi connectivity index (χ0v) is 60.7. The summed E-state index contributed by atoms with van der Waals surface area (Å²) in [5.74, 6) is -2.86. The van der Waals surface area contributed by atoms with Gasteiger partial charge in [-0.15, -0.1) is 0 Å². The molecular formula is C48H92Cl7N4O25P5. The molecule has 41 heteroatoms. The van der Waals surface area contributed by atoms with Gasteiger partial charge < -0.3 is 77.2 Å². The van der Waals surface area contributed by atoms with Crippen LogP contribution in [0.15, 0.2) is 43.7 Å². The van der Waals surface area contributed by atoms with Crippen LogP contribution in [0.1, 0.15) is 114 Å². The molecule has 0 radical (unpaired) electrons. The summed E-state index contributed by atoms with van der Waals surface area (Å²) in [5, 5.41) is 55.5. The molecule has 0 bridgehead atoms. The molecule has 2 aromatic rings. The number of ether oxygens (including phenoxy) is 6. The summed E-state index contributed by atoms with van der Waals surface area (Å²) >= 11 is 35.3. The maximum Gasteiger partial charge on any atom is 0.339 e. The van der Waals surface area contributed by atoms with E-state index in [2.05, 4.69) is 45.4 Å². The molecule has 4 heterocycles. The molecule has 89 heavy (non-hydrogen) atoms. The summed E-state index contributed by atoms with van der Waals surface area (Å²) in [6.45, 7) is 0.809. The fourth-order valence-electron chi connectivity index (χ4n) is 6.15. The van der Waals surface area contributed by atoms with Crippen LogP contribution >= 0.6 is 111 Å². The molecule has 528 valence electrons. The summed E-state index contributed by atoms with van der Waals surface area (Å²) in [5.41, 5.74) is -8.33. The molecule has 2 aliphatic heterocycles. The lowest BCUT2D eigenvalue weighted by Gasteiger charge is -2.27. The van der Waals surface area contributed by atoms with Crippen LogP contribution in [-0.4, -0.2) is 204 Å². The van der Waals surface area contributed by atoms with Crippen molar-refractivity contribution in [3.8, 4) is 0 Å². The van der Waals surface area contributed by atoms with Gasteiger partial charge in [0.15, 0.2) is 12.5 Å². The van der Waals surface area contributed by atoms with Gasteiger partial charge in [0.05, 0.1) is 92.2 Å². The minimum absolute atomic E-state index is 0.0470. The third-order valence-electron chi connectivity index (χ3n) is 10.9. The first kappa shape index (κ1) is 81.3. The number of methoxy groups -OCH3 is 4. The normalized spacial score (nSPS) is 24.5. The lowest BCUT2D eigenvalue weighted by atomic mass is 9.96. The molecule has 0 aromatic carbocycles. The fourth-order valence-corrected chi connectivity index (χ4v) is 11.1. The van der Waals surface area contributed by atoms with Crippen LogP contribution in [0.25, 0.3) is 0 Å². The van der Waals surface area contributed by atoms with Crippen molar-refractivity contribution < 1.29 is 108 Å². The Morgan fingerprint density at radius 1 is 0.562 bits per heavy atom. The zero-order valence-electron chi connectivity index (χ0n) is 57.0. The highest BCUT2D eigenvalue weighted by molar-refractivity contribution is 8.24. The van der Waals surface area contributed by atoms with Crippen molar-refractivity contribution in [3.63, 3.8) is 0 Å². The van der Waals surface area contributed by atoms with E-state index in [9.17, 15) is 67.5 Å². The van der Waals surface area contributed by atoms with Crippen LogP contribution in [0, 0.1) is 0 Å². The van der Waals surface area contributed by atoms with Crippen LogP contribution in [0.5, 0.6) is 0 Å². The molecule has 0 aliphatic carbocycles. The van der Waals surface area contributed by atoms with Gasteiger partial charge in [-0.05, 0) is 118 Å². The number of aliphatic hydroxyl groups excluding tert-OH is 3. The van der Waals surface area contributed by atoms with Gasteiger partial charge in [0.1, 0.15) is 35.6 Å². The molecule has 2 aliphatic rings. The first-order chi connectivity index (χ1) is 43.5. The molecule has 2 fully saturated rings. The van der Waals surface area contributed by atoms with E-state index >= 15 is 0 Å². The number of nitrogens with zero attached hydrogens (tertiary/aromatic N) is 2. The van der Waals surface area contributed by atoms with Gasteiger partial charge >= 0.3 is 24.2 Å². The molecule has 8 N–H and O–H groups in total. The number of rotatable bonds is 32. The molecular weight excluding hydrogens is 1440 g/mol. The Balaban J connectivity index is -0.00000117. The summed E-state index contributed by atoms with van der Waals surface area (Å²) in [6, 6.07) is -1.20. The Hall–Kier alpha value is -0.100. The Morgan fingerprint density at radius 2 is 0.921 bits per heavy atom. The number of unbranched alkanes of at least 4 members (excludes halogenated alkanes) is 4. The van der Waals surface area contributed by atoms with Crippen LogP contribution in [0.4, 0.5) is 0 Å². The molecule has 29 nitrogen and oxygen atoms in total. The van der Waals surface area contributed by atoms with Crippen molar-refractivity contribution in [2.24, 2.45) is 0 Å². The lowest BCUT2D eigenvalue weighted by molar-refractivity contribution is -0.0987. The average Bonchev–Trinajstić information content (AvgIpc) is 1.61. The second-order valence-electron chi connectivity index (χ2n) is 18.6. The summed E-state index contributed by atoms with van der Waals surface area (Å²) in [4.78, 5) is 50.2. The maximum absolute atomic E-state index is 13.2. The second kappa shape index (κ2) is 49.4. The van der Waals surface area contributed by atoms with Crippen molar-refractivity contribution in [2.75, 3.05) is 119 Å². The standard InChI is InChI=1S/C18H31N2O9P.C10H14N2O6.C8H18ClO3P.C6H14ClO3P.C3H7Cl2O2P.C3H8O.Cl3OP/c1-4-5-6-9-27-30(25,11-10-26-3)28-12-13-15(22)18(2,24)16(29-13)20-8-7-14(21)19-17(20)23;1-10(17)7(15)5(4-13)18-8(10)12-3-2-6(14)11-9(12)16;1-3-4-5-6-12-13(9,10)8-7-11-2;1-3-4-10-11(7,8)6-5-9-2;1-7-2-3-8(4,5)6;1-2-3-4;1-5(2,3)4/h7-8,13,15-16,22,24H,4-6,9-12H2,1-3H3,(H,19,21,23);2-3,5,7-8,13,15,17H,4H2,1H3,(H,11,14,16);3-8H2,1-2H3;3-6H2,1-2H3;2-3H2,1H3;4H,2-3H2,1H3;/t13-,15-,16-,18-,30?;5-,7-,8-,10-;;;;;/m11...../s1/i7D,12D2;2D,4D2;;;;;. The Labute approximate surface area is 561 Å². The van der Waals surface area contributed by atoms with E-state index in [1.54, 1.807) is 7.11 Å². The van der Waals surface area contributed by atoms with Gasteiger partial charge in [-0.2, -0.15) is 0 Å². The molecule has 4 rings (SSSR count). The van der Waals surface area contributed by atoms with E-state index in [0.29, 0.717) is 55.2 Å². The quantitative estimate of drug-likeness (QED) is 0.0249. The van der Waals surface area contributed by atoms with Crippen LogP contribution in [0.3, 0.4) is 0 Å². The number of H-pyrrole nitrogens is 2. The lowest BCUT2D eigenvalue weighted by Crippen LogP contribution is -2.46. The highest BCUT2D eigenvalue weighted by Crippen LogP contribution is 2.61. The molecule has 0 amide bonds. The molecule has 2 saturated heterocycles. The van der Waals surface area contributed by atoms with Gasteiger partial charge in [0, 0.05) is 59.5 Å². The Morgan fingerprint density at radius 3 is 1.26 bits per heavy atom. The topological polar surface area (TPSA) is 409 Å². The van der Waals surface area contributed by atoms with Crippen molar-refractivity contribution >= 4 is 111 Å². The number of hydrogen-bond acceptors (Lipinski definition) is 25. The Kier molecular flexibility index (Phi) is 45.2. The smallest absolute Gasteiger partial charge is 0.339 e. The van der Waals surface area contributed by atoms with E-state index in [1.165, 1.54) is 21.3 Å². The monoisotopic (exact) mass is 1530 g/mol. The maximum atomic E-state index is 13.2. The molecule has 3 unspecified atom stereocenters. The van der Waals surface area contributed by atoms with Gasteiger partial charge in [-0.3, -0.25) is 51.5 Å².